The van der Waals surface area contributed by atoms with Crippen molar-refractivity contribution in [1.82, 2.24) is 5.32 Å². The van der Waals surface area contributed by atoms with Gasteiger partial charge in [0.25, 0.3) is 0 Å². The molecule has 6 N–H and O–H groups in total. The standard InChI is InChI=1S/C62H105NO8/c1-3-5-7-9-11-13-15-17-18-19-20-21-22-23-24-25-26-27-28-29-30-31-32-33-34-35-36-37-38-40-42-44-46-48-50-52-58(66)63-55(54-70-62-61(69)60(68)59(67)57(53-64)71-62)56(65)51-49-47-45-43-41-39-16-14-12-10-8-6-4-2/h5,7,11,13,17-18,20-21,23-24,26-27,29-30,32-33,49,51,55-57,59-62,64-65,67-69H,3-4,6,8-10,12,14-16,19,22,25,28,31,34-48,50,52-54H2,1-2H3,(H,63,66)/b7-5-,13-11-,18-17-,21-20-,24-23-,27-26-,30-29-,33-32-,51-49+. The smallest absolute Gasteiger partial charge is 0.220 e. The number of carbonyl (C=O) groups excluding carboxylic acids is 1. The molecule has 0 aromatic carbocycles. The summed E-state index contributed by atoms with van der Waals surface area (Å²) in [7, 11) is 0. The van der Waals surface area contributed by atoms with E-state index in [1.54, 1.807) is 6.08 Å². The molecule has 1 amide bonds. The van der Waals surface area contributed by atoms with Gasteiger partial charge < -0.3 is 40.3 Å². The molecule has 1 aliphatic heterocycles. The highest BCUT2D eigenvalue weighted by atomic mass is 16.7. The lowest BCUT2D eigenvalue weighted by Crippen LogP contribution is -2.60. The third-order valence-electron chi connectivity index (χ3n) is 12.9. The zero-order valence-corrected chi connectivity index (χ0v) is 44.9. The first kappa shape index (κ1) is 65.9. The number of rotatable bonds is 47. The van der Waals surface area contributed by atoms with E-state index in [1.165, 1.54) is 96.3 Å². The van der Waals surface area contributed by atoms with E-state index in [9.17, 15) is 30.3 Å². The predicted molar refractivity (Wildman–Crippen MR) is 299 cm³/mol. The molecule has 0 aromatic rings. The topological polar surface area (TPSA) is 149 Å². The van der Waals surface area contributed by atoms with Gasteiger partial charge in [0.15, 0.2) is 6.29 Å². The fraction of sp³-hybridized carbons (Fsp3) is 0.694. The van der Waals surface area contributed by atoms with E-state index in [4.69, 9.17) is 9.47 Å². The van der Waals surface area contributed by atoms with Crippen molar-refractivity contribution in [2.75, 3.05) is 13.2 Å². The van der Waals surface area contributed by atoms with Crippen LogP contribution in [0.15, 0.2) is 109 Å². The molecule has 1 heterocycles. The Hall–Kier alpha value is -3.15. The Balaban J connectivity index is 2.17. The lowest BCUT2D eigenvalue weighted by Gasteiger charge is -2.40. The van der Waals surface area contributed by atoms with E-state index in [0.717, 1.165) is 103 Å². The number of amides is 1. The lowest BCUT2D eigenvalue weighted by molar-refractivity contribution is -0.302. The number of ether oxygens (including phenoxy) is 2. The van der Waals surface area contributed by atoms with E-state index in [-0.39, 0.29) is 12.5 Å². The van der Waals surface area contributed by atoms with E-state index in [0.29, 0.717) is 6.42 Å². The summed E-state index contributed by atoms with van der Waals surface area (Å²) in [6.07, 6.45) is 67.2. The highest BCUT2D eigenvalue weighted by molar-refractivity contribution is 5.76. The second kappa shape index (κ2) is 50.4. The van der Waals surface area contributed by atoms with Crippen molar-refractivity contribution in [2.24, 2.45) is 0 Å². The maximum absolute atomic E-state index is 13.0. The van der Waals surface area contributed by atoms with Gasteiger partial charge in [-0.3, -0.25) is 4.79 Å². The van der Waals surface area contributed by atoms with Gasteiger partial charge in [-0.1, -0.05) is 239 Å². The van der Waals surface area contributed by atoms with Crippen LogP contribution in [0.3, 0.4) is 0 Å². The van der Waals surface area contributed by atoms with Gasteiger partial charge in [-0.25, -0.2) is 0 Å². The number of aliphatic hydroxyl groups excluding tert-OH is 5. The van der Waals surface area contributed by atoms with Gasteiger partial charge in [0, 0.05) is 6.42 Å². The minimum absolute atomic E-state index is 0.187. The number of aliphatic hydroxyl groups is 5. The zero-order valence-electron chi connectivity index (χ0n) is 44.9. The predicted octanol–water partition coefficient (Wildman–Crippen LogP) is 14.2. The fourth-order valence-corrected chi connectivity index (χ4v) is 8.35. The molecule has 7 unspecified atom stereocenters. The van der Waals surface area contributed by atoms with Crippen LogP contribution in [0.25, 0.3) is 0 Å². The Morgan fingerprint density at radius 2 is 0.873 bits per heavy atom. The van der Waals surface area contributed by atoms with Crippen molar-refractivity contribution in [1.29, 1.82) is 0 Å². The molecule has 0 aromatic heterocycles. The molecule has 0 saturated carbocycles. The van der Waals surface area contributed by atoms with Crippen LogP contribution in [0.5, 0.6) is 0 Å². The first-order valence-corrected chi connectivity index (χ1v) is 28.6. The number of nitrogens with one attached hydrogen (secondary N) is 1. The summed E-state index contributed by atoms with van der Waals surface area (Å²) in [5, 5.41) is 54.4. The Morgan fingerprint density at radius 1 is 0.493 bits per heavy atom. The van der Waals surface area contributed by atoms with Gasteiger partial charge in [0.05, 0.1) is 25.4 Å². The molecular weight excluding hydrogens is 887 g/mol. The van der Waals surface area contributed by atoms with Crippen molar-refractivity contribution in [3.05, 3.63) is 109 Å². The average molecular weight is 993 g/mol. The number of hydrogen-bond acceptors (Lipinski definition) is 8. The second-order valence-electron chi connectivity index (χ2n) is 19.4. The fourth-order valence-electron chi connectivity index (χ4n) is 8.35. The van der Waals surface area contributed by atoms with Crippen molar-refractivity contribution in [3.63, 3.8) is 0 Å². The molecular formula is C62H105NO8. The highest BCUT2D eigenvalue weighted by Gasteiger charge is 2.44. The van der Waals surface area contributed by atoms with Crippen LogP contribution in [0.2, 0.25) is 0 Å². The first-order valence-electron chi connectivity index (χ1n) is 28.6. The molecule has 0 radical (unpaired) electrons. The van der Waals surface area contributed by atoms with E-state index >= 15 is 0 Å². The van der Waals surface area contributed by atoms with E-state index in [2.05, 4.69) is 116 Å². The summed E-state index contributed by atoms with van der Waals surface area (Å²) in [6.45, 7) is 3.64. The number of hydrogen-bond donors (Lipinski definition) is 6. The SMILES string of the molecule is CC/C=C\C/C=C\C/C=C\C/C=C\C/C=C\C/C=C\C/C=C\C/C=C\CCCCCCCCCCCCC(=O)NC(COC1OC(CO)C(O)C(O)C1O)C(O)/C=C/CCCCCCCCCCCCC. The Kier molecular flexibility index (Phi) is 46.7. The van der Waals surface area contributed by atoms with Crippen molar-refractivity contribution < 1.29 is 39.8 Å². The van der Waals surface area contributed by atoms with Crippen molar-refractivity contribution in [2.45, 2.75) is 262 Å². The van der Waals surface area contributed by atoms with Crippen LogP contribution in [0.4, 0.5) is 0 Å². The van der Waals surface area contributed by atoms with Crippen LogP contribution in [0.1, 0.15) is 219 Å². The Bertz CT molecular complexity index is 1480. The third-order valence-corrected chi connectivity index (χ3v) is 12.9. The molecule has 406 valence electrons. The molecule has 9 heteroatoms. The quantitative estimate of drug-likeness (QED) is 0.0261. The zero-order chi connectivity index (χ0) is 51.5. The number of carbonyl (C=O) groups is 1. The van der Waals surface area contributed by atoms with Gasteiger partial charge in [-0.2, -0.15) is 0 Å². The number of allylic oxidation sites excluding steroid dienone is 17. The van der Waals surface area contributed by atoms with E-state index < -0.39 is 49.5 Å². The van der Waals surface area contributed by atoms with Crippen LogP contribution < -0.4 is 5.32 Å². The third kappa shape index (κ3) is 40.0. The largest absolute Gasteiger partial charge is 0.394 e. The summed E-state index contributed by atoms with van der Waals surface area (Å²) in [5.41, 5.74) is 0. The second-order valence-corrected chi connectivity index (χ2v) is 19.4. The molecule has 0 bridgehead atoms. The molecule has 0 spiro atoms. The number of unbranched alkanes of at least 4 members (excludes halogenated alkanes) is 21. The summed E-state index contributed by atoms with van der Waals surface area (Å²) in [5.74, 6) is -0.187. The van der Waals surface area contributed by atoms with Crippen LogP contribution in [-0.4, -0.2) is 87.5 Å². The molecule has 9 nitrogen and oxygen atoms in total. The van der Waals surface area contributed by atoms with Crippen LogP contribution in [0, 0.1) is 0 Å². The maximum Gasteiger partial charge on any atom is 0.220 e. The molecule has 1 fully saturated rings. The monoisotopic (exact) mass is 992 g/mol. The van der Waals surface area contributed by atoms with Crippen molar-refractivity contribution in [3.8, 4) is 0 Å². The normalized spacial score (nSPS) is 20.1. The van der Waals surface area contributed by atoms with Crippen LogP contribution in [-0.2, 0) is 14.3 Å². The molecule has 71 heavy (non-hydrogen) atoms. The summed E-state index contributed by atoms with van der Waals surface area (Å²) < 4.78 is 11.2. The summed E-state index contributed by atoms with van der Waals surface area (Å²) in [4.78, 5) is 13.0. The molecule has 7 atom stereocenters. The minimum atomic E-state index is -1.57. The van der Waals surface area contributed by atoms with Crippen LogP contribution >= 0.6 is 0 Å². The van der Waals surface area contributed by atoms with Gasteiger partial charge >= 0.3 is 0 Å². The molecule has 1 aliphatic rings. The maximum atomic E-state index is 13.0. The Morgan fingerprint density at radius 3 is 1.30 bits per heavy atom. The lowest BCUT2D eigenvalue weighted by atomic mass is 9.99. The van der Waals surface area contributed by atoms with Gasteiger partial charge in [0.2, 0.25) is 5.91 Å². The summed E-state index contributed by atoms with van der Waals surface area (Å²) >= 11 is 0. The molecule has 1 rings (SSSR count). The highest BCUT2D eigenvalue weighted by Crippen LogP contribution is 2.23. The first-order chi connectivity index (χ1) is 34.8. The summed E-state index contributed by atoms with van der Waals surface area (Å²) in [6, 6.07) is -0.813. The molecule has 1 saturated heterocycles. The van der Waals surface area contributed by atoms with Gasteiger partial charge in [-0.15, -0.1) is 0 Å². The van der Waals surface area contributed by atoms with Gasteiger partial charge in [-0.05, 0) is 83.5 Å². The van der Waals surface area contributed by atoms with Crippen molar-refractivity contribution >= 4 is 5.91 Å². The van der Waals surface area contributed by atoms with Gasteiger partial charge in [0.1, 0.15) is 24.4 Å². The average Bonchev–Trinajstić information content (AvgIpc) is 3.37. The Labute approximate surface area is 434 Å². The minimum Gasteiger partial charge on any atom is -0.394 e. The molecule has 0 aliphatic carbocycles. The van der Waals surface area contributed by atoms with E-state index in [1.807, 2.05) is 6.08 Å².